The topological polar surface area (TPSA) is 58.8 Å². The molecule has 5 nitrogen and oxygen atoms in total. The number of rotatable bonds is 3. The number of piperazine rings is 1. The van der Waals surface area contributed by atoms with Crippen molar-refractivity contribution >= 4 is 36.4 Å². The zero-order valence-corrected chi connectivity index (χ0v) is 15.7. The molecule has 2 N–H and O–H groups in total. The standard InChI is InChI=1S/C17H24FN3O2.2ClH/c18-14-3-1-2-4-15(14)20-7-9-21(10-8-20)17(22)16(19)13-5-11-23-12-6-13;;/h1-4,13,16H,5-12,19H2;2*1H. The van der Waals surface area contributed by atoms with Gasteiger partial charge in [-0.2, -0.15) is 0 Å². The van der Waals surface area contributed by atoms with Crippen LogP contribution in [0.3, 0.4) is 0 Å². The minimum Gasteiger partial charge on any atom is -0.381 e. The van der Waals surface area contributed by atoms with Crippen LogP contribution in [-0.2, 0) is 9.53 Å². The molecular weight excluding hydrogens is 368 g/mol. The second kappa shape index (κ2) is 10.2. The Morgan fingerprint density at radius 1 is 1.12 bits per heavy atom. The molecule has 2 aliphatic rings. The highest BCUT2D eigenvalue weighted by Crippen LogP contribution is 2.22. The lowest BCUT2D eigenvalue weighted by atomic mass is 9.91. The third kappa shape index (κ3) is 5.20. The van der Waals surface area contributed by atoms with Gasteiger partial charge >= 0.3 is 0 Å². The number of hydrogen-bond acceptors (Lipinski definition) is 4. The highest BCUT2D eigenvalue weighted by molar-refractivity contribution is 5.85. The molecule has 3 rings (SSSR count). The van der Waals surface area contributed by atoms with Crippen LogP contribution in [0.2, 0.25) is 0 Å². The Labute approximate surface area is 160 Å². The van der Waals surface area contributed by atoms with Gasteiger partial charge in [0.25, 0.3) is 0 Å². The van der Waals surface area contributed by atoms with Crippen LogP contribution in [0, 0.1) is 11.7 Å². The zero-order chi connectivity index (χ0) is 16.2. The molecule has 1 aromatic rings. The monoisotopic (exact) mass is 393 g/mol. The molecule has 1 atom stereocenters. The van der Waals surface area contributed by atoms with Crippen LogP contribution in [0.15, 0.2) is 24.3 Å². The van der Waals surface area contributed by atoms with E-state index in [-0.39, 0.29) is 42.5 Å². The highest BCUT2D eigenvalue weighted by Gasteiger charge is 2.31. The number of anilines is 1. The van der Waals surface area contributed by atoms with E-state index in [1.165, 1.54) is 6.07 Å². The maximum absolute atomic E-state index is 13.8. The normalized spacial score (nSPS) is 19.6. The number of ether oxygens (including phenoxy) is 1. The molecule has 0 aromatic heterocycles. The van der Waals surface area contributed by atoms with Crippen molar-refractivity contribution in [3.05, 3.63) is 30.1 Å². The number of halogens is 3. The highest BCUT2D eigenvalue weighted by atomic mass is 35.5. The summed E-state index contributed by atoms with van der Waals surface area (Å²) < 4.78 is 19.2. The van der Waals surface area contributed by atoms with Crippen molar-refractivity contribution in [2.75, 3.05) is 44.3 Å². The first kappa shape index (κ1) is 22.0. The Bertz CT molecular complexity index is 550. The Kier molecular flexibility index (Phi) is 8.93. The zero-order valence-electron chi connectivity index (χ0n) is 14.1. The molecule has 2 heterocycles. The van der Waals surface area contributed by atoms with Crippen LogP contribution in [0.1, 0.15) is 12.8 Å². The van der Waals surface area contributed by atoms with Gasteiger partial charge in [0.2, 0.25) is 5.91 Å². The van der Waals surface area contributed by atoms with Gasteiger partial charge < -0.3 is 20.3 Å². The second-order valence-electron chi connectivity index (χ2n) is 6.24. The molecule has 8 heteroatoms. The van der Waals surface area contributed by atoms with Gasteiger partial charge in [-0.15, -0.1) is 24.8 Å². The fraction of sp³-hybridized carbons (Fsp3) is 0.588. The van der Waals surface area contributed by atoms with Crippen LogP contribution < -0.4 is 10.6 Å². The average molecular weight is 394 g/mol. The summed E-state index contributed by atoms with van der Waals surface area (Å²) in [6, 6.07) is 6.32. The van der Waals surface area contributed by atoms with Crippen LogP contribution in [0.25, 0.3) is 0 Å². The Balaban J connectivity index is 0.00000156. The van der Waals surface area contributed by atoms with E-state index < -0.39 is 6.04 Å². The first-order valence-corrected chi connectivity index (χ1v) is 8.28. The fourth-order valence-electron chi connectivity index (χ4n) is 3.36. The van der Waals surface area contributed by atoms with Crippen molar-refractivity contribution in [3.8, 4) is 0 Å². The smallest absolute Gasteiger partial charge is 0.239 e. The number of carbonyl (C=O) groups is 1. The number of amides is 1. The van der Waals surface area contributed by atoms with Gasteiger partial charge in [-0.05, 0) is 30.9 Å². The van der Waals surface area contributed by atoms with Gasteiger partial charge in [-0.3, -0.25) is 4.79 Å². The summed E-state index contributed by atoms with van der Waals surface area (Å²) in [5.74, 6) is 0.0112. The van der Waals surface area contributed by atoms with E-state index in [4.69, 9.17) is 10.5 Å². The van der Waals surface area contributed by atoms with E-state index >= 15 is 0 Å². The molecule has 0 aliphatic carbocycles. The summed E-state index contributed by atoms with van der Waals surface area (Å²) in [6.45, 7) is 3.81. The minimum absolute atomic E-state index is 0. The van der Waals surface area contributed by atoms with E-state index in [9.17, 15) is 9.18 Å². The molecule has 1 amide bonds. The van der Waals surface area contributed by atoms with Crippen molar-refractivity contribution in [3.63, 3.8) is 0 Å². The molecular formula is C17H26Cl2FN3O2. The number of carbonyl (C=O) groups excluding carboxylic acids is 1. The third-order valence-electron chi connectivity index (χ3n) is 4.84. The SMILES string of the molecule is Cl.Cl.NC(C(=O)N1CCN(c2ccccc2F)CC1)C1CCOCC1. The van der Waals surface area contributed by atoms with Gasteiger partial charge in [0, 0.05) is 39.4 Å². The van der Waals surface area contributed by atoms with E-state index in [2.05, 4.69) is 0 Å². The van der Waals surface area contributed by atoms with Crippen LogP contribution >= 0.6 is 24.8 Å². The Hall–Kier alpha value is -1.08. The predicted octanol–water partition coefficient (Wildman–Crippen LogP) is 2.07. The summed E-state index contributed by atoms with van der Waals surface area (Å²) in [5, 5.41) is 0. The van der Waals surface area contributed by atoms with Crippen molar-refractivity contribution in [1.29, 1.82) is 0 Å². The summed E-state index contributed by atoms with van der Waals surface area (Å²) in [7, 11) is 0. The summed E-state index contributed by atoms with van der Waals surface area (Å²) >= 11 is 0. The van der Waals surface area contributed by atoms with Crippen molar-refractivity contribution in [1.82, 2.24) is 4.90 Å². The number of nitrogens with zero attached hydrogens (tertiary/aromatic N) is 2. The predicted molar refractivity (Wildman–Crippen MR) is 101 cm³/mol. The van der Waals surface area contributed by atoms with Gasteiger partial charge in [-0.25, -0.2) is 4.39 Å². The summed E-state index contributed by atoms with van der Waals surface area (Å²) in [4.78, 5) is 16.4. The van der Waals surface area contributed by atoms with Gasteiger partial charge in [0.05, 0.1) is 11.7 Å². The molecule has 2 saturated heterocycles. The van der Waals surface area contributed by atoms with E-state index in [0.29, 0.717) is 45.1 Å². The third-order valence-corrected chi connectivity index (χ3v) is 4.84. The molecule has 142 valence electrons. The first-order valence-electron chi connectivity index (χ1n) is 8.28. The molecule has 2 aliphatic heterocycles. The van der Waals surface area contributed by atoms with Crippen molar-refractivity contribution in [2.24, 2.45) is 11.7 Å². The molecule has 25 heavy (non-hydrogen) atoms. The summed E-state index contributed by atoms with van der Waals surface area (Å²) in [6.07, 6.45) is 1.70. The Morgan fingerprint density at radius 3 is 2.32 bits per heavy atom. The lowest BCUT2D eigenvalue weighted by Gasteiger charge is -2.38. The molecule has 0 saturated carbocycles. The van der Waals surface area contributed by atoms with E-state index in [1.807, 2.05) is 15.9 Å². The quantitative estimate of drug-likeness (QED) is 0.853. The second-order valence-corrected chi connectivity index (χ2v) is 6.24. The molecule has 0 spiro atoms. The van der Waals surface area contributed by atoms with Crippen LogP contribution in [0.4, 0.5) is 10.1 Å². The van der Waals surface area contributed by atoms with Gasteiger partial charge in [0.15, 0.2) is 0 Å². The number of nitrogens with two attached hydrogens (primary N) is 1. The van der Waals surface area contributed by atoms with Gasteiger partial charge in [-0.1, -0.05) is 12.1 Å². The first-order chi connectivity index (χ1) is 11.2. The molecule has 0 radical (unpaired) electrons. The van der Waals surface area contributed by atoms with E-state index in [1.54, 1.807) is 12.1 Å². The lowest BCUT2D eigenvalue weighted by Crippen LogP contribution is -2.55. The van der Waals surface area contributed by atoms with Gasteiger partial charge in [0.1, 0.15) is 5.82 Å². The largest absolute Gasteiger partial charge is 0.381 e. The summed E-state index contributed by atoms with van der Waals surface area (Å²) in [5.41, 5.74) is 6.78. The lowest BCUT2D eigenvalue weighted by molar-refractivity contribution is -0.135. The fourth-order valence-corrected chi connectivity index (χ4v) is 3.36. The maximum Gasteiger partial charge on any atom is 0.239 e. The van der Waals surface area contributed by atoms with E-state index in [0.717, 1.165) is 12.8 Å². The minimum atomic E-state index is -0.445. The molecule has 1 unspecified atom stereocenters. The Morgan fingerprint density at radius 2 is 1.72 bits per heavy atom. The average Bonchev–Trinajstić information content (AvgIpc) is 2.62. The molecule has 2 fully saturated rings. The number of para-hydroxylation sites is 1. The van der Waals surface area contributed by atoms with Crippen LogP contribution in [-0.4, -0.2) is 56.2 Å². The van der Waals surface area contributed by atoms with Crippen molar-refractivity contribution < 1.29 is 13.9 Å². The van der Waals surface area contributed by atoms with Crippen molar-refractivity contribution in [2.45, 2.75) is 18.9 Å². The number of benzene rings is 1. The number of hydrogen-bond donors (Lipinski definition) is 1. The molecule has 1 aromatic carbocycles. The molecule has 0 bridgehead atoms. The maximum atomic E-state index is 13.8. The van der Waals surface area contributed by atoms with Crippen LogP contribution in [0.5, 0.6) is 0 Å².